The molecule has 2 saturated heterocycles. The Morgan fingerprint density at radius 1 is 1.39 bits per heavy atom. The minimum atomic E-state index is -0.148. The van der Waals surface area contributed by atoms with Crippen LogP contribution in [0.15, 0.2) is 18.2 Å². The van der Waals surface area contributed by atoms with E-state index in [1.165, 1.54) is 18.9 Å². The molecule has 2 nitrogen and oxygen atoms in total. The molecule has 0 radical (unpaired) electrons. The van der Waals surface area contributed by atoms with E-state index in [0.29, 0.717) is 22.5 Å². The Bertz CT molecular complexity index is 443. The molecule has 0 bridgehead atoms. The minimum absolute atomic E-state index is 0.148. The van der Waals surface area contributed by atoms with Crippen LogP contribution in [0.5, 0.6) is 0 Å². The normalized spacial score (nSPS) is 28.3. The quantitative estimate of drug-likeness (QED) is 0.887. The summed E-state index contributed by atoms with van der Waals surface area (Å²) in [4.78, 5) is 2.35. The number of benzene rings is 1. The van der Waals surface area contributed by atoms with Crippen molar-refractivity contribution in [1.82, 2.24) is 10.2 Å². The zero-order valence-electron chi connectivity index (χ0n) is 10.4. The number of halogens is 2. The predicted octanol–water partition coefficient (Wildman–Crippen LogP) is 2.66. The largest absolute Gasteiger partial charge is 0.316 e. The third-order valence-corrected chi connectivity index (χ3v) is 4.49. The SMILES string of the molecule is Fc1ccc(Cl)cc1CN1CCC2(CCNC2)C1. The first kappa shape index (κ1) is 12.4. The Kier molecular flexibility index (Phi) is 3.31. The van der Waals surface area contributed by atoms with Crippen molar-refractivity contribution in [2.45, 2.75) is 19.4 Å². The van der Waals surface area contributed by atoms with Crippen LogP contribution in [0.2, 0.25) is 5.02 Å². The highest BCUT2D eigenvalue weighted by Gasteiger charge is 2.40. The van der Waals surface area contributed by atoms with Gasteiger partial charge in [0, 0.05) is 30.2 Å². The Labute approximate surface area is 112 Å². The summed E-state index contributed by atoms with van der Waals surface area (Å²) in [6.45, 7) is 5.05. The van der Waals surface area contributed by atoms with Crippen LogP contribution in [-0.4, -0.2) is 31.1 Å². The van der Waals surface area contributed by atoms with E-state index in [1.807, 2.05) is 0 Å². The zero-order valence-corrected chi connectivity index (χ0v) is 11.1. The van der Waals surface area contributed by atoms with Gasteiger partial charge in [-0.1, -0.05) is 11.6 Å². The number of likely N-dealkylation sites (tertiary alicyclic amines) is 1. The van der Waals surface area contributed by atoms with Gasteiger partial charge < -0.3 is 5.32 Å². The Balaban J connectivity index is 1.69. The summed E-state index contributed by atoms with van der Waals surface area (Å²) in [6, 6.07) is 4.81. The fourth-order valence-corrected chi connectivity index (χ4v) is 3.41. The summed E-state index contributed by atoms with van der Waals surface area (Å²) in [5, 5.41) is 4.05. The van der Waals surface area contributed by atoms with Gasteiger partial charge in [-0.2, -0.15) is 0 Å². The molecule has 98 valence electrons. The zero-order chi connectivity index (χ0) is 12.6. The van der Waals surface area contributed by atoms with Gasteiger partial charge in [-0.05, 0) is 49.5 Å². The van der Waals surface area contributed by atoms with Crippen molar-refractivity contribution in [3.63, 3.8) is 0 Å². The van der Waals surface area contributed by atoms with E-state index in [-0.39, 0.29) is 5.82 Å². The molecule has 18 heavy (non-hydrogen) atoms. The first-order valence-corrected chi connectivity index (χ1v) is 6.92. The van der Waals surface area contributed by atoms with Crippen molar-refractivity contribution in [1.29, 1.82) is 0 Å². The smallest absolute Gasteiger partial charge is 0.127 e. The second-order valence-corrected chi connectivity index (χ2v) is 6.06. The summed E-state index contributed by atoms with van der Waals surface area (Å²) < 4.78 is 13.7. The fraction of sp³-hybridized carbons (Fsp3) is 0.571. The van der Waals surface area contributed by atoms with Crippen molar-refractivity contribution in [2.24, 2.45) is 5.41 Å². The van der Waals surface area contributed by atoms with Crippen LogP contribution in [0.1, 0.15) is 18.4 Å². The van der Waals surface area contributed by atoms with Gasteiger partial charge in [0.1, 0.15) is 5.82 Å². The first-order valence-electron chi connectivity index (χ1n) is 6.54. The molecule has 2 heterocycles. The van der Waals surface area contributed by atoms with E-state index >= 15 is 0 Å². The molecule has 2 fully saturated rings. The molecule has 1 aromatic carbocycles. The van der Waals surface area contributed by atoms with Gasteiger partial charge in [-0.25, -0.2) is 4.39 Å². The number of nitrogens with zero attached hydrogens (tertiary/aromatic N) is 1. The molecule has 0 aromatic heterocycles. The van der Waals surface area contributed by atoms with E-state index in [1.54, 1.807) is 12.1 Å². The van der Waals surface area contributed by atoms with Gasteiger partial charge in [-0.3, -0.25) is 4.90 Å². The number of hydrogen-bond acceptors (Lipinski definition) is 2. The average molecular weight is 269 g/mol. The standard InChI is InChI=1S/C14H18ClFN2/c15-12-1-2-13(16)11(7-12)8-18-6-4-14(10-18)3-5-17-9-14/h1-2,7,17H,3-6,8-10H2. The summed E-state index contributed by atoms with van der Waals surface area (Å²) in [6.07, 6.45) is 2.48. The van der Waals surface area contributed by atoms with Gasteiger partial charge in [0.15, 0.2) is 0 Å². The van der Waals surface area contributed by atoms with E-state index in [9.17, 15) is 4.39 Å². The van der Waals surface area contributed by atoms with Gasteiger partial charge >= 0.3 is 0 Å². The lowest BCUT2D eigenvalue weighted by molar-refractivity contribution is 0.266. The molecule has 3 rings (SSSR count). The second-order valence-electron chi connectivity index (χ2n) is 5.62. The molecule has 1 spiro atoms. The highest BCUT2D eigenvalue weighted by Crippen LogP contribution is 2.36. The van der Waals surface area contributed by atoms with Crippen molar-refractivity contribution < 1.29 is 4.39 Å². The Morgan fingerprint density at radius 2 is 2.28 bits per heavy atom. The van der Waals surface area contributed by atoms with Crippen LogP contribution in [0.4, 0.5) is 4.39 Å². The maximum Gasteiger partial charge on any atom is 0.127 e. The molecule has 1 aromatic rings. The van der Waals surface area contributed by atoms with Crippen molar-refractivity contribution in [3.8, 4) is 0 Å². The molecule has 4 heteroatoms. The van der Waals surface area contributed by atoms with E-state index < -0.39 is 0 Å². The van der Waals surface area contributed by atoms with Crippen LogP contribution in [-0.2, 0) is 6.54 Å². The summed E-state index contributed by atoms with van der Waals surface area (Å²) >= 11 is 5.93. The lowest BCUT2D eigenvalue weighted by atomic mass is 9.86. The van der Waals surface area contributed by atoms with Crippen molar-refractivity contribution in [2.75, 3.05) is 26.2 Å². The van der Waals surface area contributed by atoms with Crippen LogP contribution in [0, 0.1) is 11.2 Å². The molecule has 1 atom stereocenters. The summed E-state index contributed by atoms with van der Waals surface area (Å²) in [5.41, 5.74) is 1.15. The molecule has 0 aliphatic carbocycles. The first-order chi connectivity index (χ1) is 8.67. The number of rotatable bonds is 2. The van der Waals surface area contributed by atoms with E-state index in [2.05, 4.69) is 10.2 Å². The van der Waals surface area contributed by atoms with Crippen LogP contribution in [0.3, 0.4) is 0 Å². The molecule has 1 unspecified atom stereocenters. The van der Waals surface area contributed by atoms with E-state index in [0.717, 1.165) is 26.2 Å². The topological polar surface area (TPSA) is 15.3 Å². The fourth-order valence-electron chi connectivity index (χ4n) is 3.21. The molecular formula is C14H18ClFN2. The lowest BCUT2D eigenvalue weighted by Crippen LogP contribution is -2.29. The maximum absolute atomic E-state index is 13.7. The molecule has 0 amide bonds. The molecule has 1 N–H and O–H groups in total. The van der Waals surface area contributed by atoms with Gasteiger partial charge in [0.2, 0.25) is 0 Å². The highest BCUT2D eigenvalue weighted by atomic mass is 35.5. The Morgan fingerprint density at radius 3 is 3.06 bits per heavy atom. The van der Waals surface area contributed by atoms with Crippen LogP contribution < -0.4 is 5.32 Å². The lowest BCUT2D eigenvalue weighted by Gasteiger charge is -2.23. The summed E-state index contributed by atoms with van der Waals surface area (Å²) in [5.74, 6) is -0.148. The molecule has 2 aliphatic heterocycles. The molecule has 2 aliphatic rings. The number of nitrogens with one attached hydrogen (secondary N) is 1. The van der Waals surface area contributed by atoms with Gasteiger partial charge in [-0.15, -0.1) is 0 Å². The molecular weight excluding hydrogens is 251 g/mol. The van der Waals surface area contributed by atoms with Crippen LogP contribution in [0.25, 0.3) is 0 Å². The minimum Gasteiger partial charge on any atom is -0.316 e. The van der Waals surface area contributed by atoms with Crippen molar-refractivity contribution in [3.05, 3.63) is 34.6 Å². The summed E-state index contributed by atoms with van der Waals surface area (Å²) in [7, 11) is 0. The van der Waals surface area contributed by atoms with Gasteiger partial charge in [0.05, 0.1) is 0 Å². The third kappa shape index (κ3) is 2.40. The maximum atomic E-state index is 13.7. The van der Waals surface area contributed by atoms with Gasteiger partial charge in [0.25, 0.3) is 0 Å². The Hall–Kier alpha value is -0.640. The second kappa shape index (κ2) is 4.80. The highest BCUT2D eigenvalue weighted by molar-refractivity contribution is 6.30. The third-order valence-electron chi connectivity index (χ3n) is 4.25. The average Bonchev–Trinajstić information content (AvgIpc) is 2.95. The van der Waals surface area contributed by atoms with Crippen molar-refractivity contribution >= 4 is 11.6 Å². The van der Waals surface area contributed by atoms with E-state index in [4.69, 9.17) is 11.6 Å². The predicted molar refractivity (Wildman–Crippen MR) is 71.2 cm³/mol. The van der Waals surface area contributed by atoms with Crippen LogP contribution >= 0.6 is 11.6 Å². The molecule has 0 saturated carbocycles. The monoisotopic (exact) mass is 268 g/mol. The number of hydrogen-bond donors (Lipinski definition) is 1.